The second kappa shape index (κ2) is 6.78. The molecule has 0 aromatic heterocycles. The summed E-state index contributed by atoms with van der Waals surface area (Å²) in [6, 6.07) is 0.853. The summed E-state index contributed by atoms with van der Waals surface area (Å²) < 4.78 is 0. The fourth-order valence-electron chi connectivity index (χ4n) is 5.02. The molecule has 2 heterocycles. The molecule has 3 fully saturated rings. The van der Waals surface area contributed by atoms with Crippen molar-refractivity contribution in [3.8, 4) is 0 Å². The van der Waals surface area contributed by atoms with Crippen LogP contribution in [0.5, 0.6) is 0 Å². The molecule has 3 aliphatic rings. The highest BCUT2D eigenvalue weighted by molar-refractivity contribution is 5.02. The molecule has 1 saturated carbocycles. The van der Waals surface area contributed by atoms with Gasteiger partial charge in [0.15, 0.2) is 0 Å². The number of nitrogens with two attached hydrogens (primary N) is 1. The van der Waals surface area contributed by atoms with Crippen molar-refractivity contribution in [2.45, 2.75) is 89.9 Å². The Labute approximate surface area is 156 Å². The number of hydrogen-bond donors (Lipinski definition) is 1. The molecule has 4 heteroatoms. The summed E-state index contributed by atoms with van der Waals surface area (Å²) in [7, 11) is 0. The summed E-state index contributed by atoms with van der Waals surface area (Å²) in [6.07, 6.45) is 5.04. The third-order valence-corrected chi connectivity index (χ3v) is 7.14. The SMILES string of the molecule is CC1(N)CCN(C(C)(C)CC2CC2N2CCN(C(C)(C)C)CC2)CC1. The van der Waals surface area contributed by atoms with Gasteiger partial charge in [0, 0.05) is 61.9 Å². The van der Waals surface area contributed by atoms with Crippen molar-refractivity contribution in [3.05, 3.63) is 0 Å². The van der Waals surface area contributed by atoms with Gasteiger partial charge in [-0.1, -0.05) is 0 Å². The molecular formula is C21H42N4. The molecule has 0 bridgehead atoms. The lowest BCUT2D eigenvalue weighted by Gasteiger charge is -2.46. The van der Waals surface area contributed by atoms with E-state index in [1.54, 1.807) is 0 Å². The molecule has 2 saturated heterocycles. The standard InChI is InChI=1S/C21H42N4/c1-19(2,3)24-13-11-23(12-14-24)18-15-17(18)16-20(4,5)25-9-7-21(6,22)8-10-25/h17-18H,7-16,22H2,1-6H3. The molecule has 4 nitrogen and oxygen atoms in total. The van der Waals surface area contributed by atoms with E-state index in [1.165, 1.54) is 52.1 Å². The van der Waals surface area contributed by atoms with Crippen LogP contribution in [0.1, 0.15) is 67.2 Å². The van der Waals surface area contributed by atoms with E-state index in [0.29, 0.717) is 11.1 Å². The Morgan fingerprint density at radius 3 is 1.96 bits per heavy atom. The van der Waals surface area contributed by atoms with E-state index in [4.69, 9.17) is 5.73 Å². The van der Waals surface area contributed by atoms with Gasteiger partial charge in [0.2, 0.25) is 0 Å². The molecule has 2 N–H and O–H groups in total. The average molecular weight is 351 g/mol. The van der Waals surface area contributed by atoms with Gasteiger partial charge in [0.05, 0.1) is 0 Å². The van der Waals surface area contributed by atoms with Gasteiger partial charge in [0.1, 0.15) is 0 Å². The van der Waals surface area contributed by atoms with Crippen LogP contribution in [0, 0.1) is 5.92 Å². The van der Waals surface area contributed by atoms with E-state index in [0.717, 1.165) is 24.8 Å². The average Bonchev–Trinajstić information content (AvgIpc) is 3.24. The van der Waals surface area contributed by atoms with Crippen LogP contribution >= 0.6 is 0 Å². The summed E-state index contributed by atoms with van der Waals surface area (Å²) in [4.78, 5) is 8.12. The lowest BCUT2D eigenvalue weighted by Crippen LogP contribution is -2.55. The normalized spacial score (nSPS) is 32.8. The van der Waals surface area contributed by atoms with Crippen LogP contribution in [-0.4, -0.2) is 76.6 Å². The Hall–Kier alpha value is -0.160. The first kappa shape index (κ1) is 19.6. The minimum atomic E-state index is 0.0570. The highest BCUT2D eigenvalue weighted by Gasteiger charge is 2.47. The predicted octanol–water partition coefficient (Wildman–Crippen LogP) is 2.77. The second-order valence-electron chi connectivity index (χ2n) is 10.9. The van der Waals surface area contributed by atoms with E-state index in [-0.39, 0.29) is 5.54 Å². The topological polar surface area (TPSA) is 35.7 Å². The first-order chi connectivity index (χ1) is 11.5. The lowest BCUT2D eigenvalue weighted by atomic mass is 9.86. The molecule has 0 aromatic carbocycles. The molecule has 2 unspecified atom stereocenters. The Balaban J connectivity index is 1.45. The van der Waals surface area contributed by atoms with Gasteiger partial charge in [-0.25, -0.2) is 0 Å². The molecule has 25 heavy (non-hydrogen) atoms. The van der Waals surface area contributed by atoms with Crippen molar-refractivity contribution >= 4 is 0 Å². The smallest absolute Gasteiger partial charge is 0.0156 e. The first-order valence-corrected chi connectivity index (χ1v) is 10.5. The van der Waals surface area contributed by atoms with E-state index in [2.05, 4.69) is 56.2 Å². The number of likely N-dealkylation sites (tertiary alicyclic amines) is 1. The van der Waals surface area contributed by atoms with E-state index in [9.17, 15) is 0 Å². The third-order valence-electron chi connectivity index (χ3n) is 7.14. The summed E-state index contributed by atoms with van der Waals surface area (Å²) >= 11 is 0. The van der Waals surface area contributed by atoms with Gasteiger partial charge < -0.3 is 5.73 Å². The Morgan fingerprint density at radius 1 is 0.880 bits per heavy atom. The van der Waals surface area contributed by atoms with Crippen LogP contribution < -0.4 is 5.73 Å². The van der Waals surface area contributed by atoms with E-state index in [1.807, 2.05) is 0 Å². The number of hydrogen-bond acceptors (Lipinski definition) is 4. The van der Waals surface area contributed by atoms with Crippen LogP contribution in [0.4, 0.5) is 0 Å². The van der Waals surface area contributed by atoms with Crippen LogP contribution in [0.2, 0.25) is 0 Å². The Morgan fingerprint density at radius 2 is 1.44 bits per heavy atom. The quantitative estimate of drug-likeness (QED) is 0.846. The number of nitrogens with zero attached hydrogens (tertiary/aromatic N) is 3. The van der Waals surface area contributed by atoms with Gasteiger partial charge >= 0.3 is 0 Å². The first-order valence-electron chi connectivity index (χ1n) is 10.5. The van der Waals surface area contributed by atoms with E-state index >= 15 is 0 Å². The lowest BCUT2D eigenvalue weighted by molar-refractivity contribution is 0.0450. The molecule has 0 aromatic rings. The zero-order valence-corrected chi connectivity index (χ0v) is 17.6. The Kier molecular flexibility index (Phi) is 5.31. The van der Waals surface area contributed by atoms with Gasteiger partial charge in [-0.2, -0.15) is 0 Å². The van der Waals surface area contributed by atoms with Crippen molar-refractivity contribution in [2.24, 2.45) is 11.7 Å². The highest BCUT2D eigenvalue weighted by atomic mass is 15.3. The van der Waals surface area contributed by atoms with Crippen molar-refractivity contribution in [1.29, 1.82) is 0 Å². The van der Waals surface area contributed by atoms with Crippen LogP contribution in [0.25, 0.3) is 0 Å². The molecular weight excluding hydrogens is 308 g/mol. The second-order valence-corrected chi connectivity index (χ2v) is 10.9. The van der Waals surface area contributed by atoms with E-state index < -0.39 is 0 Å². The molecule has 2 atom stereocenters. The zero-order chi connectivity index (χ0) is 18.5. The maximum Gasteiger partial charge on any atom is 0.0156 e. The van der Waals surface area contributed by atoms with Gasteiger partial charge in [0.25, 0.3) is 0 Å². The van der Waals surface area contributed by atoms with Crippen molar-refractivity contribution < 1.29 is 0 Å². The summed E-state index contributed by atoms with van der Waals surface area (Å²) in [6.45, 7) is 21.5. The van der Waals surface area contributed by atoms with Gasteiger partial charge in [-0.15, -0.1) is 0 Å². The molecule has 2 aliphatic heterocycles. The molecule has 0 amide bonds. The van der Waals surface area contributed by atoms with Gasteiger partial charge in [-0.3, -0.25) is 14.7 Å². The minimum absolute atomic E-state index is 0.0570. The number of rotatable bonds is 4. The Bertz CT molecular complexity index is 447. The highest BCUT2D eigenvalue weighted by Crippen LogP contribution is 2.44. The minimum Gasteiger partial charge on any atom is -0.325 e. The summed E-state index contributed by atoms with van der Waals surface area (Å²) in [5.41, 5.74) is 7.02. The maximum absolute atomic E-state index is 6.32. The monoisotopic (exact) mass is 350 g/mol. The number of piperazine rings is 1. The largest absolute Gasteiger partial charge is 0.325 e. The van der Waals surface area contributed by atoms with Gasteiger partial charge in [-0.05, 0) is 73.1 Å². The molecule has 146 valence electrons. The molecule has 0 spiro atoms. The summed E-state index contributed by atoms with van der Waals surface area (Å²) in [5.74, 6) is 0.905. The van der Waals surface area contributed by atoms with Crippen molar-refractivity contribution in [1.82, 2.24) is 14.7 Å². The third kappa shape index (κ3) is 4.77. The van der Waals surface area contributed by atoms with Crippen molar-refractivity contribution in [2.75, 3.05) is 39.3 Å². The fraction of sp³-hybridized carbons (Fsp3) is 1.00. The zero-order valence-electron chi connectivity index (χ0n) is 17.6. The fourth-order valence-corrected chi connectivity index (χ4v) is 5.02. The summed E-state index contributed by atoms with van der Waals surface area (Å²) in [5, 5.41) is 0. The van der Waals surface area contributed by atoms with Crippen LogP contribution in [0.3, 0.4) is 0 Å². The predicted molar refractivity (Wildman–Crippen MR) is 107 cm³/mol. The maximum atomic E-state index is 6.32. The molecule has 0 radical (unpaired) electrons. The molecule has 1 aliphatic carbocycles. The van der Waals surface area contributed by atoms with Crippen LogP contribution in [0.15, 0.2) is 0 Å². The van der Waals surface area contributed by atoms with Crippen molar-refractivity contribution in [3.63, 3.8) is 0 Å². The number of piperidine rings is 1. The van der Waals surface area contributed by atoms with Crippen LogP contribution in [-0.2, 0) is 0 Å². The molecule has 3 rings (SSSR count).